The van der Waals surface area contributed by atoms with E-state index < -0.39 is 0 Å². The first-order valence-electron chi connectivity index (χ1n) is 8.10. The fourth-order valence-electron chi connectivity index (χ4n) is 2.44. The summed E-state index contributed by atoms with van der Waals surface area (Å²) in [7, 11) is 0. The van der Waals surface area contributed by atoms with Crippen LogP contribution in [0.1, 0.15) is 28.5 Å². The van der Waals surface area contributed by atoms with Gasteiger partial charge >= 0.3 is 0 Å². The van der Waals surface area contributed by atoms with Crippen molar-refractivity contribution in [1.29, 1.82) is 0 Å². The number of nitrogens with one attached hydrogen (secondary N) is 1. The van der Waals surface area contributed by atoms with Crippen molar-refractivity contribution in [2.75, 3.05) is 0 Å². The topological polar surface area (TPSA) is 72.7 Å². The molecule has 8 heteroatoms. The maximum Gasteiger partial charge on any atom is 0.238 e. The first-order valence-corrected chi connectivity index (χ1v) is 9.86. The van der Waals surface area contributed by atoms with Crippen LogP contribution < -0.4 is 5.32 Å². The van der Waals surface area contributed by atoms with Crippen molar-refractivity contribution in [3.63, 3.8) is 0 Å². The highest BCUT2D eigenvalue weighted by molar-refractivity contribution is 8.00. The Kier molecular flexibility index (Phi) is 4.80. The van der Waals surface area contributed by atoms with Crippen molar-refractivity contribution in [3.05, 3.63) is 58.3 Å². The number of benzene rings is 1. The Hall–Kier alpha value is -2.19. The normalized spacial score (nSPS) is 15.0. The van der Waals surface area contributed by atoms with E-state index in [1.165, 1.54) is 16.6 Å². The highest BCUT2D eigenvalue weighted by Crippen LogP contribution is 2.35. The number of amides is 1. The van der Waals surface area contributed by atoms with Gasteiger partial charge in [-0.05, 0) is 40.3 Å². The first-order chi connectivity index (χ1) is 12.3. The van der Waals surface area contributed by atoms with Gasteiger partial charge in [0, 0.05) is 10.9 Å². The molecule has 1 N–H and O–H groups in total. The number of rotatable bonds is 7. The number of carbonyl (C=O) groups excluding carboxylic acids is 1. The van der Waals surface area contributed by atoms with E-state index in [1.54, 1.807) is 16.0 Å². The Labute approximate surface area is 153 Å². The van der Waals surface area contributed by atoms with Crippen molar-refractivity contribution in [1.82, 2.24) is 25.5 Å². The number of carbonyl (C=O) groups is 1. The molecule has 1 saturated carbocycles. The average molecular weight is 371 g/mol. The van der Waals surface area contributed by atoms with Gasteiger partial charge in [0.1, 0.15) is 5.25 Å². The monoisotopic (exact) mass is 371 g/mol. The lowest BCUT2D eigenvalue weighted by atomic mass is 10.1. The smallest absolute Gasteiger partial charge is 0.238 e. The summed E-state index contributed by atoms with van der Waals surface area (Å²) >= 11 is 3.06. The molecule has 3 aromatic rings. The number of thiophene rings is 1. The molecule has 1 amide bonds. The Bertz CT molecular complexity index is 830. The molecule has 1 atom stereocenters. The van der Waals surface area contributed by atoms with Crippen LogP contribution in [0.5, 0.6) is 0 Å². The lowest BCUT2D eigenvalue weighted by molar-refractivity contribution is -0.120. The zero-order valence-corrected chi connectivity index (χ0v) is 15.0. The quantitative estimate of drug-likeness (QED) is 0.647. The van der Waals surface area contributed by atoms with Gasteiger partial charge in [0.2, 0.25) is 11.1 Å². The summed E-state index contributed by atoms with van der Waals surface area (Å²) in [5.41, 5.74) is 0.955. The van der Waals surface area contributed by atoms with E-state index in [2.05, 4.69) is 26.9 Å². The van der Waals surface area contributed by atoms with Crippen molar-refractivity contribution < 1.29 is 4.79 Å². The van der Waals surface area contributed by atoms with Gasteiger partial charge in [-0.3, -0.25) is 4.79 Å². The summed E-state index contributed by atoms with van der Waals surface area (Å²) in [5, 5.41) is 17.4. The minimum atomic E-state index is -0.366. The molecule has 0 radical (unpaired) electrons. The van der Waals surface area contributed by atoms with Gasteiger partial charge in [-0.15, -0.1) is 16.4 Å². The highest BCUT2D eigenvalue weighted by Gasteiger charge is 2.30. The van der Waals surface area contributed by atoms with E-state index in [4.69, 9.17) is 0 Å². The van der Waals surface area contributed by atoms with E-state index in [9.17, 15) is 4.79 Å². The van der Waals surface area contributed by atoms with Crippen LogP contribution in [0.2, 0.25) is 0 Å². The third-order valence-corrected chi connectivity index (χ3v) is 5.96. The molecule has 128 valence electrons. The number of nitrogens with zero attached hydrogens (tertiary/aromatic N) is 4. The van der Waals surface area contributed by atoms with Crippen molar-refractivity contribution in [2.45, 2.75) is 35.8 Å². The average Bonchev–Trinajstić information content (AvgIpc) is 3.11. The van der Waals surface area contributed by atoms with E-state index in [0.717, 1.165) is 18.4 Å². The fraction of sp³-hybridized carbons (Fsp3) is 0.294. The molecule has 1 aliphatic carbocycles. The molecule has 0 spiro atoms. The van der Waals surface area contributed by atoms with Gasteiger partial charge < -0.3 is 5.32 Å². The maximum absolute atomic E-state index is 12.7. The predicted molar refractivity (Wildman–Crippen MR) is 97.4 cm³/mol. The van der Waals surface area contributed by atoms with Gasteiger partial charge in [-0.2, -0.15) is 0 Å². The van der Waals surface area contributed by atoms with Gasteiger partial charge in [-0.1, -0.05) is 48.2 Å². The van der Waals surface area contributed by atoms with Crippen LogP contribution in [0.3, 0.4) is 0 Å². The molecule has 1 aliphatic rings. The molecule has 2 heterocycles. The summed E-state index contributed by atoms with van der Waals surface area (Å²) in [6.07, 6.45) is 2.13. The van der Waals surface area contributed by atoms with Gasteiger partial charge in [-0.25, -0.2) is 4.68 Å². The summed E-state index contributed by atoms with van der Waals surface area (Å²) in [4.78, 5) is 13.9. The number of hydrogen-bond acceptors (Lipinski definition) is 6. The minimum Gasteiger partial charge on any atom is -0.352 e. The molecular formula is C17H17N5OS2. The fourth-order valence-corrected chi connectivity index (χ4v) is 4.11. The van der Waals surface area contributed by atoms with Crippen LogP contribution in [0.4, 0.5) is 0 Å². The maximum atomic E-state index is 12.7. The van der Waals surface area contributed by atoms with Crippen molar-refractivity contribution >= 4 is 29.0 Å². The zero-order chi connectivity index (χ0) is 17.1. The number of thioether (sulfide) groups is 1. The molecule has 4 rings (SSSR count). The molecule has 1 fully saturated rings. The predicted octanol–water partition coefficient (Wildman–Crippen LogP) is 2.89. The molecule has 25 heavy (non-hydrogen) atoms. The van der Waals surface area contributed by atoms with Crippen molar-refractivity contribution in [2.24, 2.45) is 0 Å². The Morgan fingerprint density at radius 2 is 2.12 bits per heavy atom. The van der Waals surface area contributed by atoms with Crippen LogP contribution in [0, 0.1) is 0 Å². The standard InChI is InChI=1S/C17H17N5OS2/c23-16(18-13-8-9-13)15(12-5-2-1-3-6-12)25-17-19-20-21-22(17)11-14-7-4-10-24-14/h1-7,10,13,15H,8-9,11H2,(H,18,23). The lowest BCUT2D eigenvalue weighted by Crippen LogP contribution is -2.30. The van der Waals surface area contributed by atoms with E-state index >= 15 is 0 Å². The second-order valence-electron chi connectivity index (χ2n) is 5.89. The highest BCUT2D eigenvalue weighted by atomic mass is 32.2. The molecule has 6 nitrogen and oxygen atoms in total. The van der Waals surface area contributed by atoms with E-state index in [1.807, 2.05) is 41.8 Å². The molecule has 0 saturated heterocycles. The number of aromatic nitrogens is 4. The van der Waals surface area contributed by atoms with Crippen LogP contribution in [0.25, 0.3) is 0 Å². The summed E-state index contributed by atoms with van der Waals surface area (Å²) in [6, 6.07) is 14.2. The Morgan fingerprint density at radius 3 is 2.84 bits per heavy atom. The molecule has 1 aromatic carbocycles. The number of hydrogen-bond donors (Lipinski definition) is 1. The van der Waals surface area contributed by atoms with Gasteiger partial charge in [0.05, 0.1) is 6.54 Å². The van der Waals surface area contributed by atoms with Gasteiger partial charge in [0.25, 0.3) is 0 Å². The molecule has 1 unspecified atom stereocenters. The van der Waals surface area contributed by atoms with Crippen molar-refractivity contribution in [3.8, 4) is 0 Å². The van der Waals surface area contributed by atoms with E-state index in [0.29, 0.717) is 17.7 Å². The van der Waals surface area contributed by atoms with Crippen LogP contribution in [0.15, 0.2) is 53.0 Å². The van der Waals surface area contributed by atoms with Crippen LogP contribution in [-0.2, 0) is 11.3 Å². The summed E-state index contributed by atoms with van der Waals surface area (Å²) in [5.74, 6) is 0.0179. The molecule has 0 aliphatic heterocycles. The third-order valence-electron chi connectivity index (χ3n) is 3.87. The second kappa shape index (κ2) is 7.37. The summed E-state index contributed by atoms with van der Waals surface area (Å²) < 4.78 is 1.75. The Morgan fingerprint density at radius 1 is 1.28 bits per heavy atom. The summed E-state index contributed by atoms with van der Waals surface area (Å²) in [6.45, 7) is 0.610. The van der Waals surface area contributed by atoms with Gasteiger partial charge in [0.15, 0.2) is 0 Å². The third kappa shape index (κ3) is 4.08. The van der Waals surface area contributed by atoms with E-state index in [-0.39, 0.29) is 11.2 Å². The number of tetrazole rings is 1. The molecular weight excluding hydrogens is 354 g/mol. The van der Waals surface area contributed by atoms with Crippen LogP contribution >= 0.6 is 23.1 Å². The molecule has 2 aromatic heterocycles. The Balaban J connectivity index is 1.56. The minimum absolute atomic E-state index is 0.0179. The first kappa shape index (κ1) is 16.3. The largest absolute Gasteiger partial charge is 0.352 e. The zero-order valence-electron chi connectivity index (χ0n) is 13.4. The molecule has 0 bridgehead atoms. The van der Waals surface area contributed by atoms with Crippen LogP contribution in [-0.4, -0.2) is 32.2 Å². The SMILES string of the molecule is O=C(NC1CC1)C(Sc1nnnn1Cc1cccs1)c1ccccc1. The second-order valence-corrected chi connectivity index (χ2v) is 7.99. The lowest BCUT2D eigenvalue weighted by Gasteiger charge is -2.16.